The standard InChI is InChI=1S/C20H27N3O3/c24-18(21-16-9-5-2-6-10-16)12-11-17-19(25)23(20(26)22-17)14-13-15-7-3-1-4-8-15/h1,3-4,7-8,16-17H,2,5-6,9-14H2,(H,21,24)(H,22,26)/t17-/m0/s1. The zero-order valence-corrected chi connectivity index (χ0v) is 15.1. The van der Waals surface area contributed by atoms with E-state index in [9.17, 15) is 14.4 Å². The highest BCUT2D eigenvalue weighted by Crippen LogP contribution is 2.18. The molecule has 140 valence electrons. The zero-order valence-electron chi connectivity index (χ0n) is 15.1. The Morgan fingerprint density at radius 3 is 2.58 bits per heavy atom. The van der Waals surface area contributed by atoms with E-state index in [1.54, 1.807) is 0 Å². The van der Waals surface area contributed by atoms with E-state index in [1.807, 2.05) is 30.3 Å². The molecule has 2 fully saturated rings. The van der Waals surface area contributed by atoms with Crippen LogP contribution in [0.2, 0.25) is 0 Å². The third-order valence-electron chi connectivity index (χ3n) is 5.20. The summed E-state index contributed by atoms with van der Waals surface area (Å²) in [4.78, 5) is 37.9. The third kappa shape index (κ3) is 4.84. The second-order valence-corrected chi connectivity index (χ2v) is 7.17. The summed E-state index contributed by atoms with van der Waals surface area (Å²) < 4.78 is 0. The Labute approximate surface area is 154 Å². The van der Waals surface area contributed by atoms with Crippen LogP contribution in [0, 0.1) is 0 Å². The second kappa shape index (κ2) is 8.83. The van der Waals surface area contributed by atoms with Crippen LogP contribution in [-0.4, -0.2) is 41.4 Å². The van der Waals surface area contributed by atoms with Gasteiger partial charge in [-0.1, -0.05) is 49.6 Å². The van der Waals surface area contributed by atoms with Gasteiger partial charge in [-0.15, -0.1) is 0 Å². The van der Waals surface area contributed by atoms with E-state index in [0.29, 0.717) is 19.4 Å². The van der Waals surface area contributed by atoms with Crippen LogP contribution in [0.3, 0.4) is 0 Å². The summed E-state index contributed by atoms with van der Waals surface area (Å²) in [6, 6.07) is 9.10. The SMILES string of the molecule is O=C(CC[C@@H]1NC(=O)N(CCc2ccccc2)C1=O)NC1CCCCC1. The van der Waals surface area contributed by atoms with Gasteiger partial charge in [-0.2, -0.15) is 0 Å². The smallest absolute Gasteiger partial charge is 0.324 e. The fourth-order valence-electron chi connectivity index (χ4n) is 3.69. The van der Waals surface area contributed by atoms with E-state index in [1.165, 1.54) is 24.2 Å². The molecule has 1 aliphatic carbocycles. The van der Waals surface area contributed by atoms with E-state index < -0.39 is 6.04 Å². The molecule has 0 bridgehead atoms. The van der Waals surface area contributed by atoms with Crippen LogP contribution < -0.4 is 10.6 Å². The van der Waals surface area contributed by atoms with Crippen LogP contribution in [0.1, 0.15) is 50.5 Å². The predicted octanol–water partition coefficient (Wildman–Crippen LogP) is 2.38. The van der Waals surface area contributed by atoms with Gasteiger partial charge in [0.05, 0.1) is 0 Å². The lowest BCUT2D eigenvalue weighted by Gasteiger charge is -2.22. The van der Waals surface area contributed by atoms with Crippen molar-refractivity contribution in [3.05, 3.63) is 35.9 Å². The molecule has 1 aromatic rings. The first-order valence-corrected chi connectivity index (χ1v) is 9.58. The van der Waals surface area contributed by atoms with Gasteiger partial charge in [0.1, 0.15) is 6.04 Å². The first-order chi connectivity index (χ1) is 12.6. The molecule has 0 aromatic heterocycles. The average molecular weight is 357 g/mol. The topological polar surface area (TPSA) is 78.5 Å². The maximum absolute atomic E-state index is 12.5. The molecule has 1 atom stereocenters. The summed E-state index contributed by atoms with van der Waals surface area (Å²) in [5.74, 6) is -0.252. The number of benzene rings is 1. The normalized spacial score (nSPS) is 20.9. The number of carbonyl (C=O) groups excluding carboxylic acids is 3. The molecule has 1 saturated carbocycles. The van der Waals surface area contributed by atoms with Crippen molar-refractivity contribution >= 4 is 17.8 Å². The molecule has 2 N–H and O–H groups in total. The third-order valence-corrected chi connectivity index (χ3v) is 5.20. The molecule has 4 amide bonds. The predicted molar refractivity (Wildman–Crippen MR) is 98.4 cm³/mol. The van der Waals surface area contributed by atoms with E-state index in [2.05, 4.69) is 10.6 Å². The lowest BCUT2D eigenvalue weighted by Crippen LogP contribution is -2.38. The number of nitrogens with one attached hydrogen (secondary N) is 2. The molecule has 6 nitrogen and oxygen atoms in total. The number of urea groups is 1. The first-order valence-electron chi connectivity index (χ1n) is 9.58. The van der Waals surface area contributed by atoms with Gasteiger partial charge in [0, 0.05) is 19.0 Å². The summed E-state index contributed by atoms with van der Waals surface area (Å²) in [5.41, 5.74) is 1.09. The van der Waals surface area contributed by atoms with E-state index >= 15 is 0 Å². The van der Waals surface area contributed by atoms with Gasteiger partial charge in [0.25, 0.3) is 5.91 Å². The van der Waals surface area contributed by atoms with Gasteiger partial charge in [-0.25, -0.2) is 4.79 Å². The largest absolute Gasteiger partial charge is 0.353 e. The molecule has 1 aliphatic heterocycles. The van der Waals surface area contributed by atoms with Crippen molar-refractivity contribution in [3.63, 3.8) is 0 Å². The van der Waals surface area contributed by atoms with Gasteiger partial charge in [-0.05, 0) is 31.2 Å². The number of amides is 4. The Hall–Kier alpha value is -2.37. The molecule has 1 saturated heterocycles. The highest BCUT2D eigenvalue weighted by atomic mass is 16.2. The molecule has 26 heavy (non-hydrogen) atoms. The molecule has 3 rings (SSSR count). The highest BCUT2D eigenvalue weighted by molar-refractivity contribution is 6.04. The van der Waals surface area contributed by atoms with Gasteiger partial charge < -0.3 is 10.6 Å². The monoisotopic (exact) mass is 357 g/mol. The molecule has 0 radical (unpaired) electrons. The summed E-state index contributed by atoms with van der Waals surface area (Å²) in [6.07, 6.45) is 6.90. The molecule has 0 spiro atoms. The van der Waals surface area contributed by atoms with Gasteiger partial charge in [0.15, 0.2) is 0 Å². The molecular weight excluding hydrogens is 330 g/mol. The summed E-state index contributed by atoms with van der Waals surface area (Å²) in [7, 11) is 0. The Morgan fingerprint density at radius 2 is 1.85 bits per heavy atom. The van der Waals surface area contributed by atoms with Crippen LogP contribution in [0.5, 0.6) is 0 Å². The second-order valence-electron chi connectivity index (χ2n) is 7.17. The van der Waals surface area contributed by atoms with Crippen molar-refractivity contribution in [1.29, 1.82) is 0 Å². The minimum atomic E-state index is -0.588. The van der Waals surface area contributed by atoms with Crippen LogP contribution in [0.15, 0.2) is 30.3 Å². The van der Waals surface area contributed by atoms with E-state index in [0.717, 1.165) is 18.4 Å². The highest BCUT2D eigenvalue weighted by Gasteiger charge is 2.37. The Kier molecular flexibility index (Phi) is 6.26. The molecule has 1 aromatic carbocycles. The van der Waals surface area contributed by atoms with Crippen molar-refractivity contribution in [2.75, 3.05) is 6.54 Å². The van der Waals surface area contributed by atoms with E-state index in [-0.39, 0.29) is 30.3 Å². The summed E-state index contributed by atoms with van der Waals surface area (Å²) >= 11 is 0. The molecule has 1 heterocycles. The Morgan fingerprint density at radius 1 is 1.12 bits per heavy atom. The minimum absolute atomic E-state index is 0.0262. The fourth-order valence-corrected chi connectivity index (χ4v) is 3.69. The molecule has 2 aliphatic rings. The minimum Gasteiger partial charge on any atom is -0.353 e. The maximum Gasteiger partial charge on any atom is 0.324 e. The van der Waals surface area contributed by atoms with Crippen LogP contribution in [-0.2, 0) is 16.0 Å². The van der Waals surface area contributed by atoms with Crippen molar-refractivity contribution in [1.82, 2.24) is 15.5 Å². The van der Waals surface area contributed by atoms with Gasteiger partial charge in [-0.3, -0.25) is 14.5 Å². The van der Waals surface area contributed by atoms with Crippen molar-refractivity contribution < 1.29 is 14.4 Å². The lowest BCUT2D eigenvalue weighted by molar-refractivity contribution is -0.127. The zero-order chi connectivity index (χ0) is 18.4. The van der Waals surface area contributed by atoms with Gasteiger partial charge in [0.2, 0.25) is 5.91 Å². The summed E-state index contributed by atoms with van der Waals surface area (Å²) in [6.45, 7) is 0.361. The number of imide groups is 1. The van der Waals surface area contributed by atoms with Gasteiger partial charge >= 0.3 is 6.03 Å². The lowest BCUT2D eigenvalue weighted by atomic mass is 9.95. The first kappa shape index (κ1) is 18.4. The van der Waals surface area contributed by atoms with Crippen molar-refractivity contribution in [2.24, 2.45) is 0 Å². The quantitative estimate of drug-likeness (QED) is 0.736. The Balaban J connectivity index is 1.43. The Bertz CT molecular complexity index is 641. The number of carbonyl (C=O) groups is 3. The maximum atomic E-state index is 12.5. The fraction of sp³-hybridized carbons (Fsp3) is 0.550. The average Bonchev–Trinajstić information content (AvgIpc) is 2.93. The molecule has 0 unspecified atom stereocenters. The van der Waals surface area contributed by atoms with Crippen LogP contribution >= 0.6 is 0 Å². The number of rotatable bonds is 7. The number of hydrogen-bond acceptors (Lipinski definition) is 3. The molecular formula is C20H27N3O3. The van der Waals surface area contributed by atoms with Crippen molar-refractivity contribution in [2.45, 2.75) is 63.5 Å². The summed E-state index contributed by atoms with van der Waals surface area (Å²) in [5, 5.41) is 5.76. The van der Waals surface area contributed by atoms with Crippen molar-refractivity contribution in [3.8, 4) is 0 Å². The van der Waals surface area contributed by atoms with E-state index in [4.69, 9.17) is 0 Å². The van der Waals surface area contributed by atoms with Crippen LogP contribution in [0.25, 0.3) is 0 Å². The number of nitrogens with zero attached hydrogens (tertiary/aromatic N) is 1. The molecule has 6 heteroatoms. The number of hydrogen-bond donors (Lipinski definition) is 2. The van der Waals surface area contributed by atoms with Crippen LogP contribution in [0.4, 0.5) is 4.79 Å².